The Hall–Kier alpha value is -3.24. The first-order chi connectivity index (χ1) is 17.5. The Labute approximate surface area is 214 Å². The van der Waals surface area contributed by atoms with Crippen molar-refractivity contribution in [2.24, 2.45) is 11.8 Å². The fourth-order valence-electron chi connectivity index (χ4n) is 5.67. The Morgan fingerprint density at radius 3 is 2.53 bits per heavy atom. The van der Waals surface area contributed by atoms with Crippen LogP contribution in [0.4, 0.5) is 0 Å². The van der Waals surface area contributed by atoms with Crippen molar-refractivity contribution >= 4 is 16.8 Å². The number of carbonyl (C=O) groups excluding carboxylic acids is 1. The number of hydrogen-bond acceptors (Lipinski definition) is 3. The highest BCUT2D eigenvalue weighted by molar-refractivity contribution is 6.09. The lowest BCUT2D eigenvalue weighted by atomic mass is 9.82. The second-order valence-corrected chi connectivity index (χ2v) is 10.8. The number of benzene rings is 2. The van der Waals surface area contributed by atoms with Crippen molar-refractivity contribution in [3.63, 3.8) is 0 Å². The van der Waals surface area contributed by atoms with Gasteiger partial charge in [0.1, 0.15) is 0 Å². The number of nitrogens with one attached hydrogen (secondary N) is 2. The Balaban J connectivity index is 1.59. The third kappa shape index (κ3) is 5.29. The Kier molecular flexibility index (Phi) is 7.33. The van der Waals surface area contributed by atoms with Gasteiger partial charge in [0.2, 0.25) is 0 Å². The maximum absolute atomic E-state index is 14.2. The standard InChI is InChI=1S/C32H37N3O/c1-32(2,25-13-7-4-8-14-25)35-31(36)29-26-15-9-10-16-28(26)34-30(24-11-5-3-6-12-24)27(29)18-17-23-19-21-33-22-20-23/h3-13,15-16,23,25,33H,14,17-22H2,1-2H3,(H,35,36). The van der Waals surface area contributed by atoms with Crippen LogP contribution in [0.25, 0.3) is 22.2 Å². The third-order valence-electron chi connectivity index (χ3n) is 7.87. The maximum Gasteiger partial charge on any atom is 0.252 e. The van der Waals surface area contributed by atoms with Crippen LogP contribution in [-0.2, 0) is 6.42 Å². The predicted octanol–water partition coefficient (Wildman–Crippen LogP) is 6.47. The normalized spacial score (nSPS) is 18.4. The molecular formula is C32H37N3O. The summed E-state index contributed by atoms with van der Waals surface area (Å²) < 4.78 is 0. The Bertz CT molecular complexity index is 1270. The number of fused-ring (bicyclic) bond motifs is 1. The number of amides is 1. The molecule has 1 atom stereocenters. The average Bonchev–Trinajstić information content (AvgIpc) is 2.92. The van der Waals surface area contributed by atoms with Crippen LogP contribution >= 0.6 is 0 Å². The molecule has 1 aromatic heterocycles. The Morgan fingerprint density at radius 1 is 1.03 bits per heavy atom. The molecule has 1 unspecified atom stereocenters. The molecule has 0 bridgehead atoms. The topological polar surface area (TPSA) is 54.0 Å². The summed E-state index contributed by atoms with van der Waals surface area (Å²) in [7, 11) is 0. The fraction of sp³-hybridized carbons (Fsp3) is 0.375. The first-order valence-corrected chi connectivity index (χ1v) is 13.4. The van der Waals surface area contributed by atoms with Gasteiger partial charge in [-0.3, -0.25) is 4.79 Å². The number of pyridine rings is 1. The zero-order valence-corrected chi connectivity index (χ0v) is 21.5. The van der Waals surface area contributed by atoms with Crippen molar-refractivity contribution in [3.8, 4) is 11.3 Å². The molecule has 5 rings (SSSR count). The summed E-state index contributed by atoms with van der Waals surface area (Å²) in [6.45, 7) is 6.43. The van der Waals surface area contributed by atoms with E-state index in [9.17, 15) is 4.79 Å². The van der Waals surface area contributed by atoms with Crippen molar-refractivity contribution in [2.75, 3.05) is 13.1 Å². The summed E-state index contributed by atoms with van der Waals surface area (Å²) in [5.41, 5.74) is 4.36. The molecule has 1 fully saturated rings. The van der Waals surface area contributed by atoms with Gasteiger partial charge in [0.05, 0.1) is 16.8 Å². The van der Waals surface area contributed by atoms with Gasteiger partial charge in [-0.15, -0.1) is 0 Å². The molecule has 1 saturated heterocycles. The van der Waals surface area contributed by atoms with Crippen LogP contribution < -0.4 is 10.6 Å². The number of para-hydroxylation sites is 1. The number of hydrogen-bond donors (Lipinski definition) is 2. The summed E-state index contributed by atoms with van der Waals surface area (Å²) in [4.78, 5) is 19.3. The molecule has 1 amide bonds. The summed E-state index contributed by atoms with van der Waals surface area (Å²) in [6, 6.07) is 18.4. The van der Waals surface area contributed by atoms with Crippen molar-refractivity contribution < 1.29 is 4.79 Å². The molecule has 0 spiro atoms. The number of allylic oxidation sites excluding steroid dienone is 3. The van der Waals surface area contributed by atoms with Gasteiger partial charge in [0.15, 0.2) is 0 Å². The van der Waals surface area contributed by atoms with Crippen LogP contribution in [0.2, 0.25) is 0 Å². The van der Waals surface area contributed by atoms with Gasteiger partial charge in [-0.1, -0.05) is 72.8 Å². The summed E-state index contributed by atoms with van der Waals surface area (Å²) in [5, 5.41) is 7.84. The predicted molar refractivity (Wildman–Crippen MR) is 149 cm³/mol. The van der Waals surface area contributed by atoms with Gasteiger partial charge in [-0.2, -0.15) is 0 Å². The zero-order valence-electron chi connectivity index (χ0n) is 21.5. The first kappa shape index (κ1) is 24.5. The lowest BCUT2D eigenvalue weighted by molar-refractivity contribution is 0.0894. The largest absolute Gasteiger partial charge is 0.347 e. The smallest absolute Gasteiger partial charge is 0.252 e. The number of rotatable bonds is 7. The molecule has 1 aliphatic heterocycles. The van der Waals surface area contributed by atoms with Gasteiger partial charge in [-0.25, -0.2) is 4.98 Å². The second kappa shape index (κ2) is 10.8. The lowest BCUT2D eigenvalue weighted by Gasteiger charge is -2.34. The summed E-state index contributed by atoms with van der Waals surface area (Å²) >= 11 is 0. The van der Waals surface area contributed by atoms with Gasteiger partial charge in [0.25, 0.3) is 5.91 Å². The van der Waals surface area contributed by atoms with Gasteiger partial charge < -0.3 is 10.6 Å². The first-order valence-electron chi connectivity index (χ1n) is 13.4. The van der Waals surface area contributed by atoms with E-state index in [2.05, 4.69) is 79.1 Å². The summed E-state index contributed by atoms with van der Waals surface area (Å²) in [5.74, 6) is 0.929. The van der Waals surface area contributed by atoms with Gasteiger partial charge >= 0.3 is 0 Å². The molecule has 4 heteroatoms. The molecule has 2 N–H and O–H groups in total. The molecule has 2 aliphatic rings. The van der Waals surface area contributed by atoms with Crippen LogP contribution in [-0.4, -0.2) is 29.5 Å². The SMILES string of the molecule is CC(C)(NC(=O)c1c(CCC2CCNCC2)c(-c2ccccc2)nc2ccccc12)C1C=CC=CC1. The van der Waals surface area contributed by atoms with Crippen LogP contribution in [0.15, 0.2) is 78.9 Å². The highest BCUT2D eigenvalue weighted by Gasteiger charge is 2.32. The van der Waals surface area contributed by atoms with Gasteiger partial charge in [-0.05, 0) is 76.6 Å². The van der Waals surface area contributed by atoms with Crippen molar-refractivity contribution in [3.05, 3.63) is 90.0 Å². The van der Waals surface area contributed by atoms with E-state index in [0.717, 1.165) is 65.6 Å². The quantitative estimate of drug-likeness (QED) is 0.408. The number of piperidine rings is 1. The third-order valence-corrected chi connectivity index (χ3v) is 7.87. The molecule has 4 nitrogen and oxygen atoms in total. The average molecular weight is 480 g/mol. The van der Waals surface area contributed by atoms with E-state index in [1.165, 1.54) is 12.8 Å². The molecule has 36 heavy (non-hydrogen) atoms. The van der Waals surface area contributed by atoms with E-state index in [1.54, 1.807) is 0 Å². The molecular weight excluding hydrogens is 442 g/mol. The maximum atomic E-state index is 14.2. The lowest BCUT2D eigenvalue weighted by Crippen LogP contribution is -2.49. The van der Waals surface area contributed by atoms with Crippen molar-refractivity contribution in [1.82, 2.24) is 15.6 Å². The summed E-state index contributed by atoms with van der Waals surface area (Å²) in [6.07, 6.45) is 13.8. The van der Waals surface area contributed by atoms with E-state index in [4.69, 9.17) is 4.98 Å². The number of nitrogens with zero attached hydrogens (tertiary/aromatic N) is 1. The van der Waals surface area contributed by atoms with Crippen molar-refractivity contribution in [1.29, 1.82) is 0 Å². The van der Waals surface area contributed by atoms with Gasteiger partial charge in [0, 0.05) is 22.4 Å². The highest BCUT2D eigenvalue weighted by atomic mass is 16.1. The minimum atomic E-state index is -0.373. The number of carbonyl (C=O) groups is 1. The molecule has 2 aromatic carbocycles. The monoisotopic (exact) mass is 479 g/mol. The van der Waals surface area contributed by atoms with E-state index in [-0.39, 0.29) is 17.4 Å². The van der Waals surface area contributed by atoms with Crippen LogP contribution in [0.1, 0.15) is 55.5 Å². The molecule has 1 aliphatic carbocycles. The number of aromatic nitrogens is 1. The van der Waals surface area contributed by atoms with Crippen LogP contribution in [0, 0.1) is 11.8 Å². The Morgan fingerprint density at radius 2 is 1.78 bits per heavy atom. The second-order valence-electron chi connectivity index (χ2n) is 10.8. The zero-order chi connectivity index (χ0) is 25.0. The van der Waals surface area contributed by atoms with Crippen LogP contribution in [0.3, 0.4) is 0 Å². The highest BCUT2D eigenvalue weighted by Crippen LogP contribution is 2.34. The fourth-order valence-corrected chi connectivity index (χ4v) is 5.67. The molecule has 3 aromatic rings. The molecule has 2 heterocycles. The molecule has 0 radical (unpaired) electrons. The van der Waals surface area contributed by atoms with E-state index < -0.39 is 0 Å². The minimum Gasteiger partial charge on any atom is -0.347 e. The van der Waals surface area contributed by atoms with E-state index >= 15 is 0 Å². The van der Waals surface area contributed by atoms with E-state index in [1.807, 2.05) is 24.3 Å². The molecule has 0 saturated carbocycles. The minimum absolute atomic E-state index is 0.000884. The van der Waals surface area contributed by atoms with E-state index in [0.29, 0.717) is 5.92 Å². The van der Waals surface area contributed by atoms with Crippen LogP contribution in [0.5, 0.6) is 0 Å². The van der Waals surface area contributed by atoms with Crippen molar-refractivity contribution in [2.45, 2.75) is 51.5 Å². The molecule has 186 valence electrons.